The molecule has 2 unspecified atom stereocenters. The minimum Gasteiger partial charge on any atom is -0.343 e. The van der Waals surface area contributed by atoms with Crippen molar-refractivity contribution in [1.82, 2.24) is 10.2 Å². The minimum absolute atomic E-state index is 0.0314. The first-order chi connectivity index (χ1) is 7.97. The predicted octanol–water partition coefficient (Wildman–Crippen LogP) is 1.32. The third-order valence-electron chi connectivity index (χ3n) is 2.99. The fourth-order valence-electron chi connectivity index (χ4n) is 1.98. The van der Waals surface area contributed by atoms with Gasteiger partial charge in [-0.3, -0.25) is 9.59 Å². The Bertz CT molecular complexity index is 323. The Labute approximate surface area is 103 Å². The molecule has 4 heteroatoms. The van der Waals surface area contributed by atoms with Crippen LogP contribution in [0.5, 0.6) is 0 Å². The van der Waals surface area contributed by atoms with E-state index in [0.717, 1.165) is 0 Å². The molecule has 0 aromatic heterocycles. The van der Waals surface area contributed by atoms with Crippen LogP contribution < -0.4 is 5.32 Å². The zero-order chi connectivity index (χ0) is 13.0. The number of allylic oxidation sites excluding steroid dienone is 1. The van der Waals surface area contributed by atoms with Gasteiger partial charge in [-0.05, 0) is 26.2 Å². The summed E-state index contributed by atoms with van der Waals surface area (Å²) in [6, 6.07) is -0.730. The molecule has 0 bridgehead atoms. The summed E-state index contributed by atoms with van der Waals surface area (Å²) in [5.41, 5.74) is 0. The van der Waals surface area contributed by atoms with Crippen LogP contribution in [0.3, 0.4) is 0 Å². The highest BCUT2D eigenvalue weighted by molar-refractivity contribution is 5.96. The standard InChI is InChI=1S/C13H22N2O2/c1-5-6-7-15-10(4)12(16)14-11(13(15)17)8-9(2)3/h5-6,9-11H,7-8H2,1-4H3,(H,14,16)/b6-5+. The molecule has 1 aliphatic heterocycles. The van der Waals surface area contributed by atoms with Gasteiger partial charge in [0.15, 0.2) is 0 Å². The summed E-state index contributed by atoms with van der Waals surface area (Å²) < 4.78 is 0. The van der Waals surface area contributed by atoms with Crippen molar-refractivity contribution in [1.29, 1.82) is 0 Å². The molecule has 2 atom stereocenters. The van der Waals surface area contributed by atoms with Gasteiger partial charge in [0.1, 0.15) is 12.1 Å². The van der Waals surface area contributed by atoms with E-state index in [-0.39, 0.29) is 23.9 Å². The fourth-order valence-corrected chi connectivity index (χ4v) is 1.98. The Balaban J connectivity index is 2.79. The summed E-state index contributed by atoms with van der Waals surface area (Å²) in [6.45, 7) is 8.28. The maximum Gasteiger partial charge on any atom is 0.246 e. The van der Waals surface area contributed by atoms with Crippen LogP contribution in [-0.4, -0.2) is 35.3 Å². The predicted molar refractivity (Wildman–Crippen MR) is 67.4 cm³/mol. The quantitative estimate of drug-likeness (QED) is 0.751. The summed E-state index contributed by atoms with van der Waals surface area (Å²) in [6.07, 6.45) is 4.49. The SMILES string of the molecule is C/C=C/CN1C(=O)C(CC(C)C)NC(=O)C1C. The van der Waals surface area contributed by atoms with Gasteiger partial charge in [0, 0.05) is 6.54 Å². The Morgan fingerprint density at radius 3 is 2.59 bits per heavy atom. The third-order valence-corrected chi connectivity index (χ3v) is 2.99. The molecule has 1 rings (SSSR count). The zero-order valence-electron chi connectivity index (χ0n) is 11.1. The van der Waals surface area contributed by atoms with Crippen molar-refractivity contribution < 1.29 is 9.59 Å². The van der Waals surface area contributed by atoms with Crippen LogP contribution in [-0.2, 0) is 9.59 Å². The van der Waals surface area contributed by atoms with Crippen LogP contribution in [0.1, 0.15) is 34.1 Å². The van der Waals surface area contributed by atoms with Crippen molar-refractivity contribution in [2.24, 2.45) is 5.92 Å². The van der Waals surface area contributed by atoms with Crippen LogP contribution in [0.15, 0.2) is 12.2 Å². The average molecular weight is 238 g/mol. The second-order valence-corrected chi connectivity index (χ2v) is 4.93. The van der Waals surface area contributed by atoms with Gasteiger partial charge in [0.05, 0.1) is 0 Å². The molecule has 0 aromatic rings. The Kier molecular flexibility index (Phi) is 4.73. The number of carbonyl (C=O) groups is 2. The number of hydrogen-bond acceptors (Lipinski definition) is 2. The summed E-state index contributed by atoms with van der Waals surface area (Å²) in [4.78, 5) is 25.6. The van der Waals surface area contributed by atoms with E-state index >= 15 is 0 Å². The Morgan fingerprint density at radius 2 is 2.06 bits per heavy atom. The number of carbonyl (C=O) groups excluding carboxylic acids is 2. The van der Waals surface area contributed by atoms with Crippen molar-refractivity contribution in [3.05, 3.63) is 12.2 Å². The number of hydrogen-bond donors (Lipinski definition) is 1. The summed E-state index contributed by atoms with van der Waals surface area (Å²) >= 11 is 0. The van der Waals surface area contributed by atoms with E-state index in [9.17, 15) is 9.59 Å². The molecule has 17 heavy (non-hydrogen) atoms. The van der Waals surface area contributed by atoms with E-state index in [1.807, 2.05) is 32.9 Å². The molecular formula is C13H22N2O2. The number of nitrogens with zero attached hydrogens (tertiary/aromatic N) is 1. The first kappa shape index (κ1) is 13.7. The Hall–Kier alpha value is -1.32. The first-order valence-electron chi connectivity index (χ1n) is 6.19. The van der Waals surface area contributed by atoms with Crippen LogP contribution >= 0.6 is 0 Å². The number of piperazine rings is 1. The number of nitrogens with one attached hydrogen (secondary N) is 1. The lowest BCUT2D eigenvalue weighted by atomic mass is 9.99. The topological polar surface area (TPSA) is 49.4 Å². The molecule has 96 valence electrons. The molecule has 0 aromatic carbocycles. The van der Waals surface area contributed by atoms with E-state index < -0.39 is 0 Å². The summed E-state index contributed by atoms with van der Waals surface area (Å²) in [5, 5.41) is 2.80. The van der Waals surface area contributed by atoms with Crippen molar-refractivity contribution >= 4 is 11.8 Å². The maximum atomic E-state index is 12.2. The van der Waals surface area contributed by atoms with Crippen LogP contribution in [0.25, 0.3) is 0 Å². The summed E-state index contributed by atoms with van der Waals surface area (Å²) in [5.74, 6) is 0.366. The van der Waals surface area contributed by atoms with Gasteiger partial charge in [-0.15, -0.1) is 0 Å². The van der Waals surface area contributed by atoms with E-state index in [2.05, 4.69) is 5.32 Å². The third kappa shape index (κ3) is 3.32. The molecule has 0 spiro atoms. The van der Waals surface area contributed by atoms with Gasteiger partial charge < -0.3 is 10.2 Å². The minimum atomic E-state index is -0.373. The highest BCUT2D eigenvalue weighted by Crippen LogP contribution is 2.15. The molecule has 2 amide bonds. The zero-order valence-corrected chi connectivity index (χ0v) is 11.1. The van der Waals surface area contributed by atoms with Crippen molar-refractivity contribution in [2.75, 3.05) is 6.54 Å². The molecule has 0 radical (unpaired) electrons. The molecule has 1 heterocycles. The van der Waals surface area contributed by atoms with Crippen LogP contribution in [0.4, 0.5) is 0 Å². The first-order valence-corrected chi connectivity index (χ1v) is 6.19. The molecule has 0 saturated carbocycles. The maximum absolute atomic E-state index is 12.2. The normalized spacial score (nSPS) is 25.8. The van der Waals surface area contributed by atoms with Gasteiger partial charge in [-0.25, -0.2) is 0 Å². The largest absolute Gasteiger partial charge is 0.343 e. The molecule has 1 fully saturated rings. The number of rotatable bonds is 4. The van der Waals surface area contributed by atoms with E-state index in [1.54, 1.807) is 11.8 Å². The van der Waals surface area contributed by atoms with Gasteiger partial charge in [0.2, 0.25) is 11.8 Å². The lowest BCUT2D eigenvalue weighted by molar-refractivity contribution is -0.148. The van der Waals surface area contributed by atoms with E-state index in [0.29, 0.717) is 18.9 Å². The lowest BCUT2D eigenvalue weighted by Gasteiger charge is -2.37. The van der Waals surface area contributed by atoms with Gasteiger partial charge in [-0.1, -0.05) is 26.0 Å². The average Bonchev–Trinajstić information content (AvgIpc) is 2.25. The highest BCUT2D eigenvalue weighted by Gasteiger charge is 2.37. The van der Waals surface area contributed by atoms with Crippen molar-refractivity contribution in [3.8, 4) is 0 Å². The smallest absolute Gasteiger partial charge is 0.246 e. The molecule has 4 nitrogen and oxygen atoms in total. The summed E-state index contributed by atoms with van der Waals surface area (Å²) in [7, 11) is 0. The monoisotopic (exact) mass is 238 g/mol. The lowest BCUT2D eigenvalue weighted by Crippen LogP contribution is -2.62. The van der Waals surface area contributed by atoms with Crippen molar-refractivity contribution in [3.63, 3.8) is 0 Å². The molecule has 1 N–H and O–H groups in total. The van der Waals surface area contributed by atoms with Gasteiger partial charge in [0.25, 0.3) is 0 Å². The second kappa shape index (κ2) is 5.84. The highest BCUT2D eigenvalue weighted by atomic mass is 16.2. The molecule has 1 saturated heterocycles. The van der Waals surface area contributed by atoms with Crippen LogP contribution in [0, 0.1) is 5.92 Å². The van der Waals surface area contributed by atoms with Gasteiger partial charge >= 0.3 is 0 Å². The Morgan fingerprint density at radius 1 is 1.41 bits per heavy atom. The fraction of sp³-hybridized carbons (Fsp3) is 0.692. The van der Waals surface area contributed by atoms with E-state index in [1.165, 1.54) is 0 Å². The van der Waals surface area contributed by atoms with Crippen molar-refractivity contribution in [2.45, 2.75) is 46.2 Å². The molecular weight excluding hydrogens is 216 g/mol. The van der Waals surface area contributed by atoms with Gasteiger partial charge in [-0.2, -0.15) is 0 Å². The van der Waals surface area contributed by atoms with Crippen LogP contribution in [0.2, 0.25) is 0 Å². The molecule has 1 aliphatic rings. The second-order valence-electron chi connectivity index (χ2n) is 4.93. The van der Waals surface area contributed by atoms with E-state index in [4.69, 9.17) is 0 Å². The molecule has 0 aliphatic carbocycles. The number of amides is 2.